The van der Waals surface area contributed by atoms with E-state index in [2.05, 4.69) is 10.5 Å². The monoisotopic (exact) mass is 427 g/mol. The smallest absolute Gasteiger partial charge is 0.255 e. The fraction of sp³-hybridized carbons (Fsp3) is 0.143. The van der Waals surface area contributed by atoms with Gasteiger partial charge in [-0.1, -0.05) is 30.3 Å². The molecule has 0 spiro atoms. The highest BCUT2D eigenvalue weighted by Crippen LogP contribution is 2.25. The van der Waals surface area contributed by atoms with Crippen LogP contribution in [0.1, 0.15) is 5.56 Å². The number of sulfonamides is 1. The summed E-state index contributed by atoms with van der Waals surface area (Å²) >= 11 is 0. The number of carbonyl (C=O) groups is 1. The number of phenolic OH excluding ortho intramolecular Hbond substituents is 1. The normalized spacial score (nSPS) is 11.8. The van der Waals surface area contributed by atoms with Crippen molar-refractivity contribution >= 4 is 32.9 Å². The zero-order chi connectivity index (χ0) is 21.7. The van der Waals surface area contributed by atoms with E-state index >= 15 is 0 Å². The van der Waals surface area contributed by atoms with Gasteiger partial charge < -0.3 is 9.84 Å². The van der Waals surface area contributed by atoms with Crippen LogP contribution < -0.4 is 10.2 Å². The third kappa shape index (κ3) is 4.76. The predicted octanol–water partition coefficient (Wildman–Crippen LogP) is 2.32. The van der Waals surface area contributed by atoms with Gasteiger partial charge in [-0.15, -0.1) is 0 Å². The second kappa shape index (κ2) is 8.93. The Morgan fingerprint density at radius 2 is 1.87 bits per heavy atom. The molecule has 0 atom stereocenters. The van der Waals surface area contributed by atoms with Gasteiger partial charge >= 0.3 is 0 Å². The lowest BCUT2D eigenvalue weighted by molar-refractivity contribution is -0.121. The van der Waals surface area contributed by atoms with Gasteiger partial charge in [0.25, 0.3) is 5.91 Å². The number of carbonyl (C=O) groups excluding carboxylic acids is 1. The summed E-state index contributed by atoms with van der Waals surface area (Å²) in [6.45, 7) is -0.397. The zero-order valence-electron chi connectivity index (χ0n) is 16.4. The van der Waals surface area contributed by atoms with Crippen LogP contribution in [0.3, 0.4) is 0 Å². The molecule has 156 valence electrons. The molecule has 0 radical (unpaired) electrons. The molecule has 8 nitrogen and oxygen atoms in total. The molecule has 30 heavy (non-hydrogen) atoms. The minimum Gasteiger partial charge on any atom is -0.504 e. The van der Waals surface area contributed by atoms with Crippen molar-refractivity contribution in [3.8, 4) is 11.5 Å². The van der Waals surface area contributed by atoms with Crippen molar-refractivity contribution < 1.29 is 23.1 Å². The summed E-state index contributed by atoms with van der Waals surface area (Å²) in [5, 5.41) is 15.1. The fourth-order valence-corrected chi connectivity index (χ4v) is 3.95. The number of hydrazone groups is 1. The highest BCUT2D eigenvalue weighted by Gasteiger charge is 2.23. The van der Waals surface area contributed by atoms with Gasteiger partial charge in [-0.3, -0.25) is 4.79 Å². The molecule has 0 unspecified atom stereocenters. The molecule has 0 fully saturated rings. The second-order valence-electron chi connectivity index (χ2n) is 6.49. The molecule has 0 aromatic heterocycles. The lowest BCUT2D eigenvalue weighted by atomic mass is 10.1. The molecule has 3 aromatic carbocycles. The third-order valence-corrected chi connectivity index (χ3v) is 6.20. The van der Waals surface area contributed by atoms with Crippen LogP contribution in [0.2, 0.25) is 0 Å². The van der Waals surface area contributed by atoms with E-state index in [4.69, 9.17) is 4.74 Å². The number of rotatable bonds is 7. The maximum absolute atomic E-state index is 12.8. The number of nitrogens with zero attached hydrogens (tertiary/aromatic N) is 2. The van der Waals surface area contributed by atoms with Crippen molar-refractivity contribution in [2.75, 3.05) is 20.7 Å². The van der Waals surface area contributed by atoms with E-state index in [1.807, 2.05) is 24.3 Å². The first-order valence-electron chi connectivity index (χ1n) is 8.95. The van der Waals surface area contributed by atoms with E-state index in [1.54, 1.807) is 24.3 Å². The molecule has 2 N–H and O–H groups in total. The van der Waals surface area contributed by atoms with Gasteiger partial charge in [0.05, 0.1) is 24.8 Å². The van der Waals surface area contributed by atoms with Crippen molar-refractivity contribution in [1.82, 2.24) is 9.73 Å². The molecule has 0 saturated heterocycles. The van der Waals surface area contributed by atoms with E-state index in [9.17, 15) is 18.3 Å². The standard InChI is InChI=1S/C21H21N3O5S/c1-24(30(27,28)18-9-8-16-5-3-4-6-17(16)12-18)14-21(26)23-22-13-15-7-10-19(25)20(11-15)29-2/h3-13,25H,14H2,1-2H3,(H,23,26)/b22-13+. The van der Waals surface area contributed by atoms with Gasteiger partial charge in [0.1, 0.15) is 0 Å². The molecule has 3 rings (SSSR count). The Hall–Kier alpha value is -3.43. The van der Waals surface area contributed by atoms with E-state index in [0.717, 1.165) is 15.1 Å². The number of aromatic hydroxyl groups is 1. The lowest BCUT2D eigenvalue weighted by Gasteiger charge is -2.16. The number of ether oxygens (including phenoxy) is 1. The summed E-state index contributed by atoms with van der Waals surface area (Å²) in [5.41, 5.74) is 2.87. The number of amides is 1. The van der Waals surface area contributed by atoms with Gasteiger partial charge in [0, 0.05) is 7.05 Å². The maximum Gasteiger partial charge on any atom is 0.255 e. The van der Waals surface area contributed by atoms with Gasteiger partial charge in [0.2, 0.25) is 10.0 Å². The number of phenols is 1. The number of methoxy groups -OCH3 is 1. The van der Waals surface area contributed by atoms with Gasteiger partial charge in [-0.2, -0.15) is 9.41 Å². The van der Waals surface area contributed by atoms with Crippen LogP contribution in [0.5, 0.6) is 11.5 Å². The molecule has 0 aliphatic heterocycles. The Kier molecular flexibility index (Phi) is 6.34. The number of likely N-dealkylation sites (N-methyl/N-ethyl adjacent to an activating group) is 1. The summed E-state index contributed by atoms with van der Waals surface area (Å²) in [6.07, 6.45) is 1.36. The zero-order valence-corrected chi connectivity index (χ0v) is 17.3. The minimum atomic E-state index is -3.84. The van der Waals surface area contributed by atoms with Crippen LogP contribution in [0.15, 0.2) is 70.7 Å². The molecule has 3 aromatic rings. The molecule has 0 heterocycles. The molecule has 9 heteroatoms. The summed E-state index contributed by atoms with van der Waals surface area (Å²) in [5.74, 6) is -0.338. The topological polar surface area (TPSA) is 108 Å². The SMILES string of the molecule is COc1cc(/C=N/NC(=O)CN(C)S(=O)(=O)c2ccc3ccccc3c2)ccc1O. The minimum absolute atomic E-state index is 0.0146. The molecular formula is C21H21N3O5S. The van der Waals surface area contributed by atoms with Gasteiger partial charge in [-0.05, 0) is 46.7 Å². The number of benzene rings is 3. The quantitative estimate of drug-likeness (QED) is 0.444. The van der Waals surface area contributed by atoms with Crippen LogP contribution in [0, 0.1) is 0 Å². The Morgan fingerprint density at radius 3 is 2.60 bits per heavy atom. The number of hydrogen-bond donors (Lipinski definition) is 2. The fourth-order valence-electron chi connectivity index (χ4n) is 2.78. The van der Waals surface area contributed by atoms with E-state index < -0.39 is 22.5 Å². The van der Waals surface area contributed by atoms with Gasteiger partial charge in [0.15, 0.2) is 11.5 Å². The number of fused-ring (bicyclic) bond motifs is 1. The van der Waals surface area contributed by atoms with Crippen LogP contribution in [0.4, 0.5) is 0 Å². The van der Waals surface area contributed by atoms with Crippen LogP contribution in [-0.2, 0) is 14.8 Å². The van der Waals surface area contributed by atoms with Crippen molar-refractivity contribution in [3.05, 3.63) is 66.2 Å². The molecule has 0 bridgehead atoms. The lowest BCUT2D eigenvalue weighted by Crippen LogP contribution is -2.36. The second-order valence-corrected chi connectivity index (χ2v) is 8.54. The number of nitrogens with one attached hydrogen (secondary N) is 1. The molecule has 1 amide bonds. The Bertz CT molecular complexity index is 1210. The van der Waals surface area contributed by atoms with E-state index in [1.165, 1.54) is 32.5 Å². The van der Waals surface area contributed by atoms with E-state index in [0.29, 0.717) is 5.56 Å². The molecule has 0 aliphatic carbocycles. The number of hydrogen-bond acceptors (Lipinski definition) is 6. The summed E-state index contributed by atoms with van der Waals surface area (Å²) in [7, 11) is -1.09. The van der Waals surface area contributed by atoms with Crippen LogP contribution >= 0.6 is 0 Å². The van der Waals surface area contributed by atoms with Crippen molar-refractivity contribution in [2.24, 2.45) is 5.10 Å². The third-order valence-electron chi connectivity index (χ3n) is 4.40. The first kappa shape index (κ1) is 21.3. The molecule has 0 aliphatic rings. The van der Waals surface area contributed by atoms with Crippen LogP contribution in [0.25, 0.3) is 10.8 Å². The maximum atomic E-state index is 12.8. The highest BCUT2D eigenvalue weighted by atomic mass is 32.2. The van der Waals surface area contributed by atoms with Crippen molar-refractivity contribution in [1.29, 1.82) is 0 Å². The summed E-state index contributed by atoms with van der Waals surface area (Å²) in [6, 6.07) is 16.8. The van der Waals surface area contributed by atoms with Crippen molar-refractivity contribution in [2.45, 2.75) is 4.90 Å². The van der Waals surface area contributed by atoms with Gasteiger partial charge in [-0.25, -0.2) is 13.8 Å². The average molecular weight is 427 g/mol. The first-order chi connectivity index (χ1) is 14.3. The Labute approximate surface area is 174 Å². The Morgan fingerprint density at radius 1 is 1.13 bits per heavy atom. The largest absolute Gasteiger partial charge is 0.504 e. The van der Waals surface area contributed by atoms with Crippen LogP contribution in [-0.4, -0.2) is 50.7 Å². The predicted molar refractivity (Wildman–Crippen MR) is 114 cm³/mol. The molecule has 0 saturated carbocycles. The highest BCUT2D eigenvalue weighted by molar-refractivity contribution is 7.89. The summed E-state index contributed by atoms with van der Waals surface area (Å²) in [4.78, 5) is 12.2. The first-order valence-corrected chi connectivity index (χ1v) is 10.4. The molecular weight excluding hydrogens is 406 g/mol. The summed E-state index contributed by atoms with van der Waals surface area (Å²) < 4.78 is 31.5. The van der Waals surface area contributed by atoms with Crippen molar-refractivity contribution in [3.63, 3.8) is 0 Å². The van der Waals surface area contributed by atoms with E-state index in [-0.39, 0.29) is 16.4 Å². The Balaban J connectivity index is 1.65. The average Bonchev–Trinajstić information content (AvgIpc) is 2.74.